The standard InChI is InChI=1S/C18H16ClN3O3S/c1-10(25-15-6-4-3-5-13(15)19)17(24)22-18-21-14-8-7-12(20-11(2)23)9-16(14)26-18/h3-10H,1-2H3,(H,20,23)(H,21,22,24). The van der Waals surface area contributed by atoms with Crippen LogP contribution in [0.4, 0.5) is 10.8 Å². The van der Waals surface area contributed by atoms with Crippen LogP contribution in [0, 0.1) is 0 Å². The topological polar surface area (TPSA) is 80.3 Å². The monoisotopic (exact) mass is 389 g/mol. The molecule has 3 aromatic rings. The van der Waals surface area contributed by atoms with Crippen LogP contribution in [0.2, 0.25) is 5.02 Å². The van der Waals surface area contributed by atoms with E-state index in [9.17, 15) is 9.59 Å². The van der Waals surface area contributed by atoms with Crippen molar-refractivity contribution < 1.29 is 14.3 Å². The van der Waals surface area contributed by atoms with Crippen LogP contribution in [0.15, 0.2) is 42.5 Å². The largest absolute Gasteiger partial charge is 0.479 e. The molecular formula is C18H16ClN3O3S. The molecule has 1 atom stereocenters. The van der Waals surface area contributed by atoms with Crippen molar-refractivity contribution in [1.29, 1.82) is 0 Å². The Morgan fingerprint density at radius 3 is 2.69 bits per heavy atom. The zero-order valence-electron chi connectivity index (χ0n) is 14.1. The van der Waals surface area contributed by atoms with Gasteiger partial charge in [0, 0.05) is 12.6 Å². The summed E-state index contributed by atoms with van der Waals surface area (Å²) in [6, 6.07) is 12.3. The molecule has 0 aliphatic rings. The van der Waals surface area contributed by atoms with Gasteiger partial charge in [-0.25, -0.2) is 4.98 Å². The highest BCUT2D eigenvalue weighted by Crippen LogP contribution is 2.29. The number of carbonyl (C=O) groups is 2. The number of hydrogen-bond donors (Lipinski definition) is 2. The number of amides is 2. The molecule has 0 saturated carbocycles. The number of aromatic nitrogens is 1. The quantitative estimate of drug-likeness (QED) is 0.681. The average Bonchev–Trinajstić information content (AvgIpc) is 2.97. The molecule has 1 heterocycles. The fourth-order valence-corrected chi connectivity index (χ4v) is 3.34. The fraction of sp³-hybridized carbons (Fsp3) is 0.167. The number of ether oxygens (including phenoxy) is 1. The van der Waals surface area contributed by atoms with Crippen LogP contribution in [-0.2, 0) is 9.59 Å². The molecular weight excluding hydrogens is 374 g/mol. The van der Waals surface area contributed by atoms with E-state index in [0.717, 1.165) is 10.2 Å². The normalized spacial score (nSPS) is 11.8. The second-order valence-electron chi connectivity index (χ2n) is 5.56. The van der Waals surface area contributed by atoms with Crippen molar-refractivity contribution >= 4 is 55.8 Å². The molecule has 26 heavy (non-hydrogen) atoms. The minimum Gasteiger partial charge on any atom is -0.479 e. The molecule has 2 aromatic carbocycles. The summed E-state index contributed by atoms with van der Waals surface area (Å²) in [5.74, 6) is -0.0277. The fourth-order valence-electron chi connectivity index (χ4n) is 2.25. The molecule has 3 rings (SSSR count). The first-order valence-electron chi connectivity index (χ1n) is 7.82. The molecule has 0 saturated heterocycles. The Bertz CT molecular complexity index is 973. The molecule has 1 unspecified atom stereocenters. The summed E-state index contributed by atoms with van der Waals surface area (Å²) in [6.45, 7) is 3.09. The summed E-state index contributed by atoms with van der Waals surface area (Å²) in [6.07, 6.45) is -0.739. The van der Waals surface area contributed by atoms with Gasteiger partial charge in [0.25, 0.3) is 5.91 Å². The molecule has 1 aromatic heterocycles. The lowest BCUT2D eigenvalue weighted by Gasteiger charge is -2.14. The van der Waals surface area contributed by atoms with Crippen LogP contribution in [0.25, 0.3) is 10.2 Å². The second-order valence-corrected chi connectivity index (χ2v) is 7.00. The van der Waals surface area contributed by atoms with Crippen molar-refractivity contribution in [2.24, 2.45) is 0 Å². The third kappa shape index (κ3) is 4.30. The van der Waals surface area contributed by atoms with Crippen molar-refractivity contribution in [3.05, 3.63) is 47.5 Å². The van der Waals surface area contributed by atoms with Crippen LogP contribution in [0.3, 0.4) is 0 Å². The lowest BCUT2D eigenvalue weighted by Crippen LogP contribution is -2.30. The zero-order valence-corrected chi connectivity index (χ0v) is 15.6. The van der Waals surface area contributed by atoms with Gasteiger partial charge >= 0.3 is 0 Å². The number of carbonyl (C=O) groups excluding carboxylic acids is 2. The number of para-hydroxylation sites is 1. The van der Waals surface area contributed by atoms with Gasteiger partial charge in [-0.1, -0.05) is 35.1 Å². The number of benzene rings is 2. The number of anilines is 2. The zero-order chi connectivity index (χ0) is 18.7. The van der Waals surface area contributed by atoms with Gasteiger partial charge in [-0.3, -0.25) is 14.9 Å². The van der Waals surface area contributed by atoms with Crippen LogP contribution in [0.5, 0.6) is 5.75 Å². The van der Waals surface area contributed by atoms with Gasteiger partial charge in [-0.15, -0.1) is 0 Å². The number of fused-ring (bicyclic) bond motifs is 1. The van der Waals surface area contributed by atoms with E-state index >= 15 is 0 Å². The molecule has 0 fully saturated rings. The van der Waals surface area contributed by atoms with E-state index in [1.807, 2.05) is 6.07 Å². The summed E-state index contributed by atoms with van der Waals surface area (Å²) in [5.41, 5.74) is 1.42. The molecule has 2 amide bonds. The molecule has 0 radical (unpaired) electrons. The van der Waals surface area contributed by atoms with E-state index in [0.29, 0.717) is 21.6 Å². The van der Waals surface area contributed by atoms with E-state index in [1.165, 1.54) is 18.3 Å². The Hall–Kier alpha value is -2.64. The van der Waals surface area contributed by atoms with Gasteiger partial charge in [0.1, 0.15) is 5.75 Å². The van der Waals surface area contributed by atoms with Crippen molar-refractivity contribution in [2.45, 2.75) is 20.0 Å². The Kier molecular flexibility index (Phi) is 5.39. The van der Waals surface area contributed by atoms with E-state index in [4.69, 9.17) is 16.3 Å². The third-order valence-corrected chi connectivity index (χ3v) is 4.69. The highest BCUT2D eigenvalue weighted by Gasteiger charge is 2.18. The average molecular weight is 390 g/mol. The maximum Gasteiger partial charge on any atom is 0.266 e. The maximum absolute atomic E-state index is 12.3. The SMILES string of the molecule is CC(=O)Nc1ccc2nc(NC(=O)C(C)Oc3ccccc3Cl)sc2c1. The lowest BCUT2D eigenvalue weighted by atomic mass is 10.3. The first-order chi connectivity index (χ1) is 12.4. The predicted octanol–water partition coefficient (Wildman–Crippen LogP) is 4.31. The summed E-state index contributed by atoms with van der Waals surface area (Å²) >= 11 is 7.36. The van der Waals surface area contributed by atoms with Crippen molar-refractivity contribution in [2.75, 3.05) is 10.6 Å². The first kappa shape index (κ1) is 18.2. The van der Waals surface area contributed by atoms with Crippen molar-refractivity contribution in [3.8, 4) is 5.75 Å². The summed E-state index contributed by atoms with van der Waals surface area (Å²) in [5, 5.41) is 6.36. The molecule has 8 heteroatoms. The second kappa shape index (κ2) is 7.72. The minimum absolute atomic E-state index is 0.145. The van der Waals surface area contributed by atoms with E-state index < -0.39 is 6.10 Å². The lowest BCUT2D eigenvalue weighted by molar-refractivity contribution is -0.122. The summed E-state index contributed by atoms with van der Waals surface area (Å²) < 4.78 is 6.45. The number of thiazole rings is 1. The van der Waals surface area contributed by atoms with Crippen LogP contribution < -0.4 is 15.4 Å². The van der Waals surface area contributed by atoms with E-state index in [2.05, 4.69) is 15.6 Å². The Labute approximate surface area is 159 Å². The number of nitrogens with one attached hydrogen (secondary N) is 2. The van der Waals surface area contributed by atoms with Gasteiger partial charge < -0.3 is 10.1 Å². The Morgan fingerprint density at radius 1 is 1.19 bits per heavy atom. The number of nitrogens with zero attached hydrogens (tertiary/aromatic N) is 1. The van der Waals surface area contributed by atoms with Crippen LogP contribution in [-0.4, -0.2) is 22.9 Å². The molecule has 6 nitrogen and oxygen atoms in total. The summed E-state index contributed by atoms with van der Waals surface area (Å²) in [7, 11) is 0. The van der Waals surface area contributed by atoms with Gasteiger partial charge in [0.2, 0.25) is 5.91 Å². The van der Waals surface area contributed by atoms with Gasteiger partial charge in [0.15, 0.2) is 11.2 Å². The van der Waals surface area contributed by atoms with Crippen LogP contribution in [0.1, 0.15) is 13.8 Å². The number of hydrogen-bond acceptors (Lipinski definition) is 5. The van der Waals surface area contributed by atoms with Gasteiger partial charge in [0.05, 0.1) is 15.2 Å². The molecule has 0 bridgehead atoms. The minimum atomic E-state index is -0.739. The first-order valence-corrected chi connectivity index (χ1v) is 9.02. The molecule has 0 aliphatic carbocycles. The third-order valence-electron chi connectivity index (χ3n) is 3.45. The van der Waals surface area contributed by atoms with Crippen LogP contribution >= 0.6 is 22.9 Å². The van der Waals surface area contributed by atoms with Gasteiger partial charge in [-0.05, 0) is 37.3 Å². The Balaban J connectivity index is 1.70. The van der Waals surface area contributed by atoms with Gasteiger partial charge in [-0.2, -0.15) is 0 Å². The molecule has 2 N–H and O–H groups in total. The number of rotatable bonds is 5. The van der Waals surface area contributed by atoms with Crippen molar-refractivity contribution in [1.82, 2.24) is 4.98 Å². The highest BCUT2D eigenvalue weighted by atomic mass is 35.5. The summed E-state index contributed by atoms with van der Waals surface area (Å²) in [4.78, 5) is 27.9. The van der Waals surface area contributed by atoms with E-state index in [1.54, 1.807) is 43.3 Å². The molecule has 134 valence electrons. The molecule has 0 spiro atoms. The smallest absolute Gasteiger partial charge is 0.266 e. The predicted molar refractivity (Wildman–Crippen MR) is 104 cm³/mol. The van der Waals surface area contributed by atoms with E-state index in [-0.39, 0.29) is 11.8 Å². The molecule has 0 aliphatic heterocycles. The highest BCUT2D eigenvalue weighted by molar-refractivity contribution is 7.22. The number of halogens is 1. The van der Waals surface area contributed by atoms with Crippen molar-refractivity contribution in [3.63, 3.8) is 0 Å². The Morgan fingerprint density at radius 2 is 1.96 bits per heavy atom. The maximum atomic E-state index is 12.3.